The molecule has 1 aromatic carbocycles. The number of imide groups is 1. The van der Waals surface area contributed by atoms with Crippen molar-refractivity contribution in [3.05, 3.63) is 33.8 Å². The van der Waals surface area contributed by atoms with E-state index in [2.05, 4.69) is 15.9 Å². The molecule has 0 bridgehead atoms. The van der Waals surface area contributed by atoms with Crippen LogP contribution in [0.15, 0.2) is 22.7 Å². The summed E-state index contributed by atoms with van der Waals surface area (Å²) >= 11 is 3.26. The molecule has 26 heavy (non-hydrogen) atoms. The zero-order valence-corrected chi connectivity index (χ0v) is 15.4. The fourth-order valence-electron chi connectivity index (χ4n) is 3.03. The Morgan fingerprint density at radius 2 is 1.58 bits per heavy atom. The molecule has 1 saturated heterocycles. The van der Waals surface area contributed by atoms with E-state index in [1.165, 1.54) is 9.80 Å². The van der Waals surface area contributed by atoms with E-state index in [1.54, 1.807) is 18.2 Å². The molecule has 2 heterocycles. The van der Waals surface area contributed by atoms with Gasteiger partial charge < -0.3 is 9.80 Å². The number of piperazine rings is 1. The van der Waals surface area contributed by atoms with Crippen molar-refractivity contribution in [1.29, 1.82) is 5.26 Å². The van der Waals surface area contributed by atoms with E-state index >= 15 is 0 Å². The van der Waals surface area contributed by atoms with Gasteiger partial charge in [0.05, 0.1) is 17.2 Å². The van der Waals surface area contributed by atoms with Crippen molar-refractivity contribution >= 4 is 39.6 Å². The van der Waals surface area contributed by atoms with Crippen molar-refractivity contribution in [2.24, 2.45) is 0 Å². The predicted molar refractivity (Wildman–Crippen MR) is 92.9 cm³/mol. The highest BCUT2D eigenvalue weighted by molar-refractivity contribution is 9.10. The molecule has 0 saturated carbocycles. The summed E-state index contributed by atoms with van der Waals surface area (Å²) in [6.45, 7) is 0.966. The Labute approximate surface area is 158 Å². The van der Waals surface area contributed by atoms with Crippen LogP contribution < -0.4 is 0 Å². The van der Waals surface area contributed by atoms with Gasteiger partial charge in [-0.25, -0.2) is 0 Å². The Morgan fingerprint density at radius 1 is 1.00 bits per heavy atom. The minimum Gasteiger partial charge on any atom is -0.338 e. The Bertz CT molecular complexity index is 840. The van der Waals surface area contributed by atoms with Crippen LogP contribution in [0.5, 0.6) is 0 Å². The Balaban J connectivity index is 1.62. The number of amides is 4. The first kappa shape index (κ1) is 18.1. The quantitative estimate of drug-likeness (QED) is 0.669. The lowest BCUT2D eigenvalue weighted by atomic mass is 10.1. The minimum absolute atomic E-state index is 0.182. The van der Waals surface area contributed by atoms with Crippen molar-refractivity contribution in [3.8, 4) is 6.07 Å². The first-order valence-corrected chi connectivity index (χ1v) is 8.80. The third-order valence-corrected chi connectivity index (χ3v) is 4.93. The van der Waals surface area contributed by atoms with E-state index in [0.717, 1.165) is 4.90 Å². The zero-order chi connectivity index (χ0) is 18.8. The van der Waals surface area contributed by atoms with Gasteiger partial charge in [0.2, 0.25) is 11.8 Å². The molecule has 1 aromatic rings. The maximum atomic E-state index is 12.5. The van der Waals surface area contributed by atoms with Gasteiger partial charge in [0.15, 0.2) is 0 Å². The van der Waals surface area contributed by atoms with E-state index in [4.69, 9.17) is 5.26 Å². The molecular formula is C17H15BrN4O4. The number of hydrogen-bond acceptors (Lipinski definition) is 5. The van der Waals surface area contributed by atoms with Gasteiger partial charge in [0.25, 0.3) is 11.8 Å². The van der Waals surface area contributed by atoms with Gasteiger partial charge >= 0.3 is 0 Å². The second kappa shape index (κ2) is 7.25. The van der Waals surface area contributed by atoms with Crippen molar-refractivity contribution in [2.75, 3.05) is 32.7 Å². The molecule has 2 aliphatic heterocycles. The smallest absolute Gasteiger partial charge is 0.262 e. The normalized spacial score (nSPS) is 16.5. The molecule has 0 unspecified atom stereocenters. The molecule has 0 aliphatic carbocycles. The molecule has 1 fully saturated rings. The summed E-state index contributed by atoms with van der Waals surface area (Å²) in [6, 6.07) is 6.61. The lowest BCUT2D eigenvalue weighted by Crippen LogP contribution is -2.53. The van der Waals surface area contributed by atoms with Crippen LogP contribution >= 0.6 is 15.9 Å². The Morgan fingerprint density at radius 3 is 2.19 bits per heavy atom. The third-order valence-electron chi connectivity index (χ3n) is 4.44. The molecular weight excluding hydrogens is 404 g/mol. The fourth-order valence-corrected chi connectivity index (χ4v) is 3.39. The number of benzene rings is 1. The summed E-state index contributed by atoms with van der Waals surface area (Å²) in [6.07, 6.45) is -0.182. The summed E-state index contributed by atoms with van der Waals surface area (Å²) in [4.78, 5) is 53.0. The van der Waals surface area contributed by atoms with Crippen LogP contribution in [-0.4, -0.2) is 71.1 Å². The summed E-state index contributed by atoms with van der Waals surface area (Å²) in [5, 5.41) is 8.57. The molecule has 8 nitrogen and oxygen atoms in total. The second-order valence-corrected chi connectivity index (χ2v) is 6.90. The lowest BCUT2D eigenvalue weighted by molar-refractivity contribution is -0.139. The average molecular weight is 419 g/mol. The average Bonchev–Trinajstić information content (AvgIpc) is 2.86. The summed E-state index contributed by atoms with van der Waals surface area (Å²) < 4.78 is 0.684. The molecule has 4 amide bonds. The van der Waals surface area contributed by atoms with Crippen molar-refractivity contribution < 1.29 is 19.2 Å². The van der Waals surface area contributed by atoms with E-state index in [1.807, 2.05) is 6.07 Å². The fraction of sp³-hybridized carbons (Fsp3) is 0.353. The molecule has 0 spiro atoms. The zero-order valence-electron chi connectivity index (χ0n) is 13.8. The highest BCUT2D eigenvalue weighted by Gasteiger charge is 2.37. The number of nitriles is 1. The van der Waals surface area contributed by atoms with Crippen LogP contribution in [0.4, 0.5) is 0 Å². The minimum atomic E-state index is -0.484. The molecule has 0 N–H and O–H groups in total. The monoisotopic (exact) mass is 418 g/mol. The molecule has 0 radical (unpaired) electrons. The highest BCUT2D eigenvalue weighted by Crippen LogP contribution is 2.26. The summed E-state index contributed by atoms with van der Waals surface area (Å²) in [5.41, 5.74) is 0.571. The highest BCUT2D eigenvalue weighted by atomic mass is 79.9. The second-order valence-electron chi connectivity index (χ2n) is 5.98. The van der Waals surface area contributed by atoms with E-state index in [-0.39, 0.29) is 35.9 Å². The summed E-state index contributed by atoms with van der Waals surface area (Å²) in [5.74, 6) is -1.56. The first-order valence-electron chi connectivity index (χ1n) is 8.00. The predicted octanol–water partition coefficient (Wildman–Crippen LogP) is 0.630. The molecule has 134 valence electrons. The molecule has 0 aromatic heterocycles. The number of nitrogens with zero attached hydrogens (tertiary/aromatic N) is 4. The Kier molecular flexibility index (Phi) is 5.04. The van der Waals surface area contributed by atoms with Gasteiger partial charge in [-0.15, -0.1) is 0 Å². The SMILES string of the molecule is N#CCC(=O)N1CCN(C(=O)CN2C(=O)c3ccc(Br)cc3C2=O)CC1. The third kappa shape index (κ3) is 3.32. The topological polar surface area (TPSA) is 102 Å². The lowest BCUT2D eigenvalue weighted by Gasteiger charge is -2.35. The standard InChI is InChI=1S/C17H15BrN4O4/c18-11-1-2-12-13(9-11)17(26)22(16(12)25)10-15(24)21-7-5-20(6-8-21)14(23)3-4-19/h1-2,9H,3,5-8,10H2. The van der Waals surface area contributed by atoms with Crippen molar-refractivity contribution in [1.82, 2.24) is 14.7 Å². The molecule has 0 atom stereocenters. The van der Waals surface area contributed by atoms with Crippen molar-refractivity contribution in [3.63, 3.8) is 0 Å². The maximum absolute atomic E-state index is 12.5. The van der Waals surface area contributed by atoms with Gasteiger partial charge in [-0.3, -0.25) is 24.1 Å². The molecule has 3 rings (SSSR count). The number of halogens is 1. The summed E-state index contributed by atoms with van der Waals surface area (Å²) in [7, 11) is 0. The largest absolute Gasteiger partial charge is 0.338 e. The van der Waals surface area contributed by atoms with Gasteiger partial charge in [-0.2, -0.15) is 5.26 Å². The first-order chi connectivity index (χ1) is 12.4. The molecule has 2 aliphatic rings. The van der Waals surface area contributed by atoms with Crippen LogP contribution in [0.1, 0.15) is 27.1 Å². The van der Waals surface area contributed by atoms with Crippen LogP contribution in [0.2, 0.25) is 0 Å². The van der Waals surface area contributed by atoms with E-state index in [0.29, 0.717) is 30.7 Å². The van der Waals surface area contributed by atoms with Gasteiger partial charge in [0.1, 0.15) is 13.0 Å². The number of carbonyl (C=O) groups is 4. The van der Waals surface area contributed by atoms with Crippen LogP contribution in [0.3, 0.4) is 0 Å². The number of rotatable bonds is 3. The van der Waals surface area contributed by atoms with Crippen LogP contribution in [-0.2, 0) is 9.59 Å². The van der Waals surface area contributed by atoms with Gasteiger partial charge in [0, 0.05) is 30.7 Å². The van der Waals surface area contributed by atoms with Crippen LogP contribution in [0, 0.1) is 11.3 Å². The maximum Gasteiger partial charge on any atom is 0.262 e. The van der Waals surface area contributed by atoms with Crippen molar-refractivity contribution in [2.45, 2.75) is 6.42 Å². The van der Waals surface area contributed by atoms with Gasteiger partial charge in [-0.1, -0.05) is 15.9 Å². The van der Waals surface area contributed by atoms with E-state index < -0.39 is 11.8 Å². The Hall–Kier alpha value is -2.73. The van der Waals surface area contributed by atoms with Gasteiger partial charge in [-0.05, 0) is 18.2 Å². The number of fused-ring (bicyclic) bond motifs is 1. The number of carbonyl (C=O) groups excluding carboxylic acids is 4. The molecule has 9 heteroatoms. The van der Waals surface area contributed by atoms with Crippen LogP contribution in [0.25, 0.3) is 0 Å². The number of hydrogen-bond donors (Lipinski definition) is 0. The van der Waals surface area contributed by atoms with E-state index in [9.17, 15) is 19.2 Å².